The molecular formula is C21H4. The zero-order valence-corrected chi connectivity index (χ0v) is 11.1. The Hall–Kier alpha value is -4.40. The van der Waals surface area contributed by atoms with Crippen LogP contribution in [0.2, 0.25) is 0 Å². The quantitative estimate of drug-likeness (QED) is 0.559. The molecule has 0 heteroatoms. The van der Waals surface area contributed by atoms with Crippen LogP contribution in [-0.4, -0.2) is 0 Å². The predicted molar refractivity (Wildman–Crippen MR) is 84.5 cm³/mol. The van der Waals surface area contributed by atoms with Crippen LogP contribution in [-0.2, 0) is 0 Å². The molecule has 88 valence electrons. The summed E-state index contributed by atoms with van der Waals surface area (Å²) in [4.78, 5) is 0. The minimum Gasteiger partial charge on any atom is -0.106 e. The van der Waals surface area contributed by atoms with E-state index in [2.05, 4.69) is 112 Å². The second-order valence-corrected chi connectivity index (χ2v) is 2.52. The van der Waals surface area contributed by atoms with Crippen LogP contribution in [0.15, 0.2) is 0 Å². The minimum absolute atomic E-state index is 1.70. The monoisotopic (exact) mass is 256 g/mol. The molecule has 0 saturated heterocycles. The fraction of sp³-hybridized carbons (Fsp3) is 0.0476. The van der Waals surface area contributed by atoms with Crippen molar-refractivity contribution in [2.24, 2.45) is 0 Å². The van der Waals surface area contributed by atoms with Crippen LogP contribution in [0.25, 0.3) is 0 Å². The van der Waals surface area contributed by atoms with Gasteiger partial charge >= 0.3 is 0 Å². The van der Waals surface area contributed by atoms with Gasteiger partial charge < -0.3 is 0 Å². The fourth-order valence-corrected chi connectivity index (χ4v) is 0.567. The number of hydrogen-bond donors (Lipinski definition) is 0. The molecule has 0 spiro atoms. The van der Waals surface area contributed by atoms with Crippen molar-refractivity contribution in [3.63, 3.8) is 0 Å². The molecule has 0 nitrogen and oxygen atoms in total. The van der Waals surface area contributed by atoms with E-state index in [0.29, 0.717) is 0 Å². The van der Waals surface area contributed by atoms with Crippen LogP contribution < -0.4 is 0 Å². The number of terminal acetylenes is 1. The van der Waals surface area contributed by atoms with Crippen molar-refractivity contribution in [3.8, 4) is 119 Å². The topological polar surface area (TPSA) is 0 Å². The molecule has 0 N–H and O–H groups in total. The van der Waals surface area contributed by atoms with Gasteiger partial charge in [-0.15, -0.1) is 6.42 Å². The standard InChI is InChI=1S/C21H4/c1-3-5-7-9-11-13-15-17-19-21-20-18-16-14-12-10-8-6-4-2/h1H,2H3. The lowest BCUT2D eigenvalue weighted by atomic mass is 10.4. The summed E-state index contributed by atoms with van der Waals surface area (Å²) in [5.41, 5.74) is 0. The Morgan fingerprint density at radius 1 is 0.381 bits per heavy atom. The maximum atomic E-state index is 4.90. The SMILES string of the molecule is C#CC#CC#CC#CC#CC#CC#CC#CC#CC#CC. The van der Waals surface area contributed by atoms with Gasteiger partial charge in [-0.25, -0.2) is 0 Å². The zero-order chi connectivity index (χ0) is 15.4. The maximum absolute atomic E-state index is 4.90. The normalized spacial score (nSPS) is 3.81. The summed E-state index contributed by atoms with van der Waals surface area (Å²) in [5, 5.41) is 0. The largest absolute Gasteiger partial charge is 0.106 e. The van der Waals surface area contributed by atoms with Gasteiger partial charge in [0.2, 0.25) is 0 Å². The Bertz CT molecular complexity index is 983. The van der Waals surface area contributed by atoms with E-state index in [0.717, 1.165) is 0 Å². The van der Waals surface area contributed by atoms with E-state index in [1.807, 2.05) is 0 Å². The molecule has 0 aromatic heterocycles. The van der Waals surface area contributed by atoms with Gasteiger partial charge in [0.05, 0.1) is 0 Å². The average molecular weight is 256 g/mol. The van der Waals surface area contributed by atoms with Crippen LogP contribution in [0.1, 0.15) is 6.92 Å². The molecule has 0 heterocycles. The van der Waals surface area contributed by atoms with Crippen molar-refractivity contribution in [3.05, 3.63) is 0 Å². The Balaban J connectivity index is 4.35. The Morgan fingerprint density at radius 2 is 0.619 bits per heavy atom. The maximum Gasteiger partial charge on any atom is 0 e. The third-order valence-electron chi connectivity index (χ3n) is 1.20. The van der Waals surface area contributed by atoms with Gasteiger partial charge in [-0.2, -0.15) is 0 Å². The van der Waals surface area contributed by atoms with E-state index >= 15 is 0 Å². The molecule has 0 aromatic carbocycles. The van der Waals surface area contributed by atoms with Gasteiger partial charge in [0.25, 0.3) is 0 Å². The minimum atomic E-state index is 1.70. The first kappa shape index (κ1) is 16.6. The molecule has 0 aliphatic carbocycles. The Kier molecular flexibility index (Phi) is 12.3. The number of hydrogen-bond acceptors (Lipinski definition) is 0. The average Bonchev–Trinajstić information content (AvgIpc) is 2.50. The van der Waals surface area contributed by atoms with Gasteiger partial charge in [0, 0.05) is 11.8 Å². The molecular weight excluding hydrogens is 252 g/mol. The van der Waals surface area contributed by atoms with Crippen LogP contribution in [0, 0.1) is 119 Å². The third-order valence-corrected chi connectivity index (χ3v) is 1.20. The summed E-state index contributed by atoms with van der Waals surface area (Å²) in [6, 6.07) is 0. The Labute approximate surface area is 126 Å². The lowest BCUT2D eigenvalue weighted by Crippen LogP contribution is -1.56. The molecule has 0 atom stereocenters. The molecule has 0 rings (SSSR count). The predicted octanol–water partition coefficient (Wildman–Crippen LogP) is 0.670. The second kappa shape index (κ2) is 15.6. The second-order valence-electron chi connectivity index (χ2n) is 2.52. The smallest absolute Gasteiger partial charge is 0 e. The highest BCUT2D eigenvalue weighted by molar-refractivity contribution is 5.46. The van der Waals surface area contributed by atoms with Crippen LogP contribution >= 0.6 is 0 Å². The summed E-state index contributed by atoms with van der Waals surface area (Å²) in [5.74, 6) is 46.9. The van der Waals surface area contributed by atoms with Gasteiger partial charge in [-0.3, -0.25) is 0 Å². The molecule has 0 aliphatic heterocycles. The van der Waals surface area contributed by atoms with Crippen molar-refractivity contribution in [2.45, 2.75) is 6.92 Å². The highest BCUT2D eigenvalue weighted by Gasteiger charge is 1.58. The van der Waals surface area contributed by atoms with Crippen molar-refractivity contribution in [1.29, 1.82) is 0 Å². The van der Waals surface area contributed by atoms with Crippen LogP contribution in [0.3, 0.4) is 0 Å². The fourth-order valence-electron chi connectivity index (χ4n) is 0.567. The van der Waals surface area contributed by atoms with Crippen molar-refractivity contribution in [1.82, 2.24) is 0 Å². The van der Waals surface area contributed by atoms with Crippen molar-refractivity contribution in [2.75, 3.05) is 0 Å². The first-order valence-electron chi connectivity index (χ1n) is 5.29. The molecule has 0 amide bonds. The molecule has 0 aromatic rings. The van der Waals surface area contributed by atoms with Crippen molar-refractivity contribution >= 4 is 0 Å². The lowest BCUT2D eigenvalue weighted by molar-refractivity contribution is 1.92. The van der Waals surface area contributed by atoms with Gasteiger partial charge in [-0.1, -0.05) is 5.92 Å². The van der Waals surface area contributed by atoms with Crippen molar-refractivity contribution < 1.29 is 0 Å². The van der Waals surface area contributed by atoms with Gasteiger partial charge in [-0.05, 0) is 102 Å². The number of rotatable bonds is 0. The molecule has 0 radical (unpaired) electrons. The summed E-state index contributed by atoms with van der Waals surface area (Å²) in [7, 11) is 0. The van der Waals surface area contributed by atoms with E-state index in [1.165, 1.54) is 0 Å². The highest BCUT2D eigenvalue weighted by Crippen LogP contribution is 1.58. The lowest BCUT2D eigenvalue weighted by Gasteiger charge is -1.56. The first-order valence-corrected chi connectivity index (χ1v) is 5.29. The van der Waals surface area contributed by atoms with Crippen LogP contribution in [0.4, 0.5) is 0 Å². The van der Waals surface area contributed by atoms with E-state index in [-0.39, 0.29) is 0 Å². The molecule has 0 fully saturated rings. The van der Waals surface area contributed by atoms with Gasteiger partial charge in [0.15, 0.2) is 0 Å². The summed E-state index contributed by atoms with van der Waals surface area (Å²) in [6.45, 7) is 1.70. The van der Waals surface area contributed by atoms with E-state index < -0.39 is 0 Å². The molecule has 0 unspecified atom stereocenters. The summed E-state index contributed by atoms with van der Waals surface area (Å²) >= 11 is 0. The highest BCUT2D eigenvalue weighted by atomic mass is 13.6. The molecule has 0 bridgehead atoms. The van der Waals surface area contributed by atoms with Crippen LogP contribution in [0.5, 0.6) is 0 Å². The Morgan fingerprint density at radius 3 is 0.857 bits per heavy atom. The molecule has 0 saturated carbocycles. The first-order chi connectivity index (χ1) is 10.4. The molecule has 0 aliphatic rings. The zero-order valence-electron chi connectivity index (χ0n) is 11.1. The van der Waals surface area contributed by atoms with Gasteiger partial charge in [0.1, 0.15) is 0 Å². The van der Waals surface area contributed by atoms with E-state index in [1.54, 1.807) is 6.92 Å². The van der Waals surface area contributed by atoms with E-state index in [4.69, 9.17) is 6.42 Å². The third kappa shape index (κ3) is 15.6. The summed E-state index contributed by atoms with van der Waals surface area (Å²) < 4.78 is 0. The molecule has 21 heavy (non-hydrogen) atoms. The summed E-state index contributed by atoms with van der Waals surface area (Å²) in [6.07, 6.45) is 4.90. The van der Waals surface area contributed by atoms with E-state index in [9.17, 15) is 0 Å².